The van der Waals surface area contributed by atoms with Crippen LogP contribution in [0.25, 0.3) is 11.3 Å². The molecule has 1 aromatic carbocycles. The number of carboxylic acids is 1. The van der Waals surface area contributed by atoms with Gasteiger partial charge >= 0.3 is 11.9 Å². The summed E-state index contributed by atoms with van der Waals surface area (Å²) < 4.78 is 10.6. The van der Waals surface area contributed by atoms with Gasteiger partial charge in [0.25, 0.3) is 0 Å². The molecular weight excluding hydrogens is 334 g/mol. The van der Waals surface area contributed by atoms with Crippen molar-refractivity contribution in [3.63, 3.8) is 0 Å². The van der Waals surface area contributed by atoms with Gasteiger partial charge in [-0.15, -0.1) is 0 Å². The van der Waals surface area contributed by atoms with E-state index in [0.717, 1.165) is 36.5 Å². The Labute approximate surface area is 152 Å². The molecule has 3 rings (SSSR count). The Morgan fingerprint density at radius 3 is 2.62 bits per heavy atom. The number of furan rings is 1. The van der Waals surface area contributed by atoms with Crippen molar-refractivity contribution in [1.82, 2.24) is 4.90 Å². The molecule has 0 bridgehead atoms. The number of esters is 1. The molecule has 0 spiro atoms. The number of aliphatic carboxylic acids is 1. The number of likely N-dealkylation sites (tertiary alicyclic amines) is 1. The highest BCUT2D eigenvalue weighted by Gasteiger charge is 2.33. The number of ether oxygens (including phenoxy) is 1. The molecule has 1 aromatic heterocycles. The van der Waals surface area contributed by atoms with Crippen molar-refractivity contribution in [1.29, 1.82) is 0 Å². The average Bonchev–Trinajstić information content (AvgIpc) is 3.11. The number of carbonyl (C=O) groups is 2. The van der Waals surface area contributed by atoms with E-state index in [9.17, 15) is 14.7 Å². The first-order chi connectivity index (χ1) is 12.5. The van der Waals surface area contributed by atoms with E-state index < -0.39 is 5.97 Å². The second-order valence-corrected chi connectivity index (χ2v) is 6.63. The van der Waals surface area contributed by atoms with Gasteiger partial charge in [0, 0.05) is 11.6 Å². The molecule has 0 saturated carbocycles. The van der Waals surface area contributed by atoms with Crippen LogP contribution in [0.3, 0.4) is 0 Å². The second-order valence-electron chi connectivity index (χ2n) is 6.63. The number of hydrogen-bond acceptors (Lipinski definition) is 5. The minimum Gasteiger partial charge on any atom is -0.481 e. The van der Waals surface area contributed by atoms with Crippen LogP contribution in [0.4, 0.5) is 0 Å². The Balaban J connectivity index is 1.70. The maximum absolute atomic E-state index is 11.5. The van der Waals surface area contributed by atoms with Crippen molar-refractivity contribution in [2.45, 2.75) is 32.4 Å². The van der Waals surface area contributed by atoms with Crippen molar-refractivity contribution in [3.05, 3.63) is 47.7 Å². The predicted octanol–water partition coefficient (Wildman–Crippen LogP) is 3.42. The fourth-order valence-corrected chi connectivity index (χ4v) is 3.47. The lowest BCUT2D eigenvalue weighted by Crippen LogP contribution is -2.45. The van der Waals surface area contributed by atoms with Crippen LogP contribution >= 0.6 is 0 Å². The highest BCUT2D eigenvalue weighted by atomic mass is 16.5. The lowest BCUT2D eigenvalue weighted by molar-refractivity contribution is -0.145. The minimum absolute atomic E-state index is 0.0193. The normalized spacial score (nSPS) is 20.7. The smallest absolute Gasteiger partial charge is 0.337 e. The Bertz CT molecular complexity index is 780. The molecule has 1 saturated heterocycles. The Hall–Kier alpha value is -2.60. The summed E-state index contributed by atoms with van der Waals surface area (Å²) in [5.41, 5.74) is 1.36. The number of carboxylic acid groups (broad SMARTS) is 1. The maximum Gasteiger partial charge on any atom is 0.337 e. The third kappa shape index (κ3) is 3.80. The van der Waals surface area contributed by atoms with Crippen LogP contribution in [0.1, 0.15) is 35.9 Å². The molecule has 138 valence electrons. The van der Waals surface area contributed by atoms with Gasteiger partial charge in [-0.05, 0) is 50.6 Å². The highest BCUT2D eigenvalue weighted by Crippen LogP contribution is 2.28. The van der Waals surface area contributed by atoms with Crippen LogP contribution in [0.2, 0.25) is 0 Å². The van der Waals surface area contributed by atoms with E-state index in [1.165, 1.54) is 7.11 Å². The number of rotatable bonds is 5. The number of nitrogens with zero attached hydrogens (tertiary/aromatic N) is 1. The first-order valence-electron chi connectivity index (χ1n) is 8.74. The predicted molar refractivity (Wildman–Crippen MR) is 95.7 cm³/mol. The SMILES string of the molecule is COC(=O)c1ccc(-c2ccc(CN3CCC[C@H](C(=O)O)[C@@H]3C)o2)cc1. The van der Waals surface area contributed by atoms with Crippen LogP contribution in [-0.4, -0.2) is 41.6 Å². The minimum atomic E-state index is -0.729. The Kier molecular flexibility index (Phi) is 5.42. The van der Waals surface area contributed by atoms with E-state index in [0.29, 0.717) is 12.1 Å². The van der Waals surface area contributed by atoms with E-state index >= 15 is 0 Å². The van der Waals surface area contributed by atoms with Crippen molar-refractivity contribution >= 4 is 11.9 Å². The molecule has 6 heteroatoms. The van der Waals surface area contributed by atoms with E-state index in [-0.39, 0.29) is 17.9 Å². The standard InChI is InChI=1S/C20H23NO5/c1-13-17(19(22)23)4-3-11-21(13)12-16-9-10-18(26-16)14-5-7-15(8-6-14)20(24)25-2/h5-10,13,17H,3-4,11-12H2,1-2H3,(H,22,23)/t13-,17-/m0/s1. The third-order valence-corrected chi connectivity index (χ3v) is 5.05. The van der Waals surface area contributed by atoms with Gasteiger partial charge in [0.2, 0.25) is 0 Å². The van der Waals surface area contributed by atoms with Gasteiger partial charge < -0.3 is 14.3 Å². The third-order valence-electron chi connectivity index (χ3n) is 5.05. The van der Waals surface area contributed by atoms with Gasteiger partial charge in [0.15, 0.2) is 0 Å². The molecule has 26 heavy (non-hydrogen) atoms. The average molecular weight is 357 g/mol. The molecule has 2 atom stereocenters. The summed E-state index contributed by atoms with van der Waals surface area (Å²) in [5.74, 6) is 0.0895. The monoisotopic (exact) mass is 357 g/mol. The molecule has 2 heterocycles. The fraction of sp³-hybridized carbons (Fsp3) is 0.400. The molecule has 0 amide bonds. The zero-order valence-electron chi connectivity index (χ0n) is 15.0. The molecule has 1 aliphatic rings. The topological polar surface area (TPSA) is 80.0 Å². The van der Waals surface area contributed by atoms with Gasteiger partial charge in [-0.2, -0.15) is 0 Å². The summed E-state index contributed by atoms with van der Waals surface area (Å²) in [6, 6.07) is 10.8. The largest absolute Gasteiger partial charge is 0.481 e. The van der Waals surface area contributed by atoms with E-state index in [1.807, 2.05) is 31.2 Å². The highest BCUT2D eigenvalue weighted by molar-refractivity contribution is 5.89. The number of hydrogen-bond donors (Lipinski definition) is 1. The molecular formula is C20H23NO5. The summed E-state index contributed by atoms with van der Waals surface area (Å²) in [5, 5.41) is 9.34. The summed E-state index contributed by atoms with van der Waals surface area (Å²) in [6.45, 7) is 3.42. The molecule has 1 aliphatic heterocycles. The molecule has 1 fully saturated rings. The van der Waals surface area contributed by atoms with E-state index in [1.54, 1.807) is 12.1 Å². The quantitative estimate of drug-likeness (QED) is 0.826. The van der Waals surface area contributed by atoms with Gasteiger partial charge in [-0.1, -0.05) is 12.1 Å². The number of methoxy groups -OCH3 is 1. The molecule has 0 radical (unpaired) electrons. The molecule has 0 aliphatic carbocycles. The zero-order chi connectivity index (χ0) is 18.7. The maximum atomic E-state index is 11.5. The summed E-state index contributed by atoms with van der Waals surface area (Å²) in [4.78, 5) is 25.0. The second kappa shape index (κ2) is 7.74. The Morgan fingerprint density at radius 1 is 1.23 bits per heavy atom. The van der Waals surface area contributed by atoms with Gasteiger partial charge in [0.05, 0.1) is 25.1 Å². The Morgan fingerprint density at radius 2 is 1.96 bits per heavy atom. The van der Waals surface area contributed by atoms with E-state index in [2.05, 4.69) is 4.90 Å². The van der Waals surface area contributed by atoms with E-state index in [4.69, 9.17) is 9.15 Å². The zero-order valence-corrected chi connectivity index (χ0v) is 15.0. The van der Waals surface area contributed by atoms with Crippen LogP contribution in [0.15, 0.2) is 40.8 Å². The number of carbonyl (C=O) groups excluding carboxylic acids is 1. The summed E-state index contributed by atoms with van der Waals surface area (Å²) in [6.07, 6.45) is 1.60. The first kappa shape index (κ1) is 18.2. The first-order valence-corrected chi connectivity index (χ1v) is 8.74. The van der Waals surface area contributed by atoms with Crippen molar-refractivity contribution in [2.75, 3.05) is 13.7 Å². The van der Waals surface area contributed by atoms with Crippen molar-refractivity contribution < 1.29 is 23.8 Å². The number of benzene rings is 1. The van der Waals surface area contributed by atoms with Crippen molar-refractivity contribution in [2.24, 2.45) is 5.92 Å². The molecule has 6 nitrogen and oxygen atoms in total. The van der Waals surface area contributed by atoms with Crippen LogP contribution in [-0.2, 0) is 16.1 Å². The van der Waals surface area contributed by atoms with Crippen LogP contribution < -0.4 is 0 Å². The number of piperidine rings is 1. The van der Waals surface area contributed by atoms with Crippen LogP contribution in [0, 0.1) is 5.92 Å². The van der Waals surface area contributed by atoms with Crippen molar-refractivity contribution in [3.8, 4) is 11.3 Å². The van der Waals surface area contributed by atoms with Gasteiger partial charge in [-0.25, -0.2) is 4.79 Å². The lowest BCUT2D eigenvalue weighted by atomic mass is 9.90. The summed E-state index contributed by atoms with van der Waals surface area (Å²) in [7, 11) is 1.35. The summed E-state index contributed by atoms with van der Waals surface area (Å²) >= 11 is 0. The molecule has 2 aromatic rings. The molecule has 0 unspecified atom stereocenters. The fourth-order valence-electron chi connectivity index (χ4n) is 3.47. The van der Waals surface area contributed by atoms with Crippen LogP contribution in [0.5, 0.6) is 0 Å². The lowest BCUT2D eigenvalue weighted by Gasteiger charge is -2.36. The van der Waals surface area contributed by atoms with Gasteiger partial charge in [0.1, 0.15) is 11.5 Å². The molecule has 1 N–H and O–H groups in total. The van der Waals surface area contributed by atoms with Gasteiger partial charge in [-0.3, -0.25) is 9.69 Å².